The summed E-state index contributed by atoms with van der Waals surface area (Å²) in [4.78, 5) is 12.6. The van der Waals surface area contributed by atoms with Gasteiger partial charge >= 0.3 is 0 Å². The Labute approximate surface area is 176 Å². The van der Waals surface area contributed by atoms with Crippen LogP contribution in [0.25, 0.3) is 0 Å². The fourth-order valence-electron chi connectivity index (χ4n) is 2.76. The molecule has 1 atom stereocenters. The summed E-state index contributed by atoms with van der Waals surface area (Å²) in [6.45, 7) is 3.75. The highest BCUT2D eigenvalue weighted by Crippen LogP contribution is 2.28. The second kappa shape index (κ2) is 9.84. The number of carbonyl (C=O) groups excluding carboxylic acids is 1. The number of benzene rings is 2. The van der Waals surface area contributed by atoms with Crippen molar-refractivity contribution in [3.05, 3.63) is 53.1 Å². The summed E-state index contributed by atoms with van der Waals surface area (Å²) in [7, 11) is -2.13. The van der Waals surface area contributed by atoms with Crippen LogP contribution in [0, 0.1) is 6.92 Å². The van der Waals surface area contributed by atoms with E-state index in [1.807, 2.05) is 0 Å². The molecule has 0 radical (unpaired) electrons. The van der Waals surface area contributed by atoms with E-state index in [0.29, 0.717) is 22.0 Å². The lowest BCUT2D eigenvalue weighted by Crippen LogP contribution is -2.48. The zero-order valence-electron chi connectivity index (χ0n) is 16.8. The van der Waals surface area contributed by atoms with Gasteiger partial charge in [-0.2, -0.15) is 0 Å². The van der Waals surface area contributed by atoms with E-state index in [0.717, 1.165) is 16.3 Å². The summed E-state index contributed by atoms with van der Waals surface area (Å²) < 4.78 is 36.5. The molecule has 0 aromatic heterocycles. The lowest BCUT2D eigenvalue weighted by molar-refractivity contribution is -0.121. The number of nitrogens with one attached hydrogen (secondary N) is 1. The first-order valence-corrected chi connectivity index (χ1v) is 11.2. The number of ether oxygens (including phenoxy) is 2. The molecule has 0 heterocycles. The molecule has 7 nitrogen and oxygen atoms in total. The van der Waals surface area contributed by atoms with Crippen molar-refractivity contribution in [3.63, 3.8) is 0 Å². The molecule has 0 fully saturated rings. The molecule has 2 aromatic carbocycles. The first-order valence-electron chi connectivity index (χ1n) is 8.93. The number of anilines is 1. The molecule has 0 aliphatic carbocycles. The second-order valence-electron chi connectivity index (χ2n) is 6.48. The van der Waals surface area contributed by atoms with Gasteiger partial charge in [0.15, 0.2) is 0 Å². The fraction of sp³-hybridized carbons (Fsp3) is 0.350. The molecule has 2 rings (SSSR count). The summed E-state index contributed by atoms with van der Waals surface area (Å²) in [6, 6.07) is 11.0. The summed E-state index contributed by atoms with van der Waals surface area (Å²) >= 11 is 6.03. The molecular formula is C20H25ClN2O5S. The quantitative estimate of drug-likeness (QED) is 0.606. The number of hydrogen-bond acceptors (Lipinski definition) is 5. The zero-order valence-corrected chi connectivity index (χ0v) is 18.4. The van der Waals surface area contributed by atoms with Crippen LogP contribution in [-0.4, -0.2) is 46.9 Å². The average molecular weight is 441 g/mol. The van der Waals surface area contributed by atoms with Gasteiger partial charge in [-0.3, -0.25) is 9.10 Å². The van der Waals surface area contributed by atoms with E-state index in [4.69, 9.17) is 21.1 Å². The van der Waals surface area contributed by atoms with Gasteiger partial charge in [-0.1, -0.05) is 17.7 Å². The number of rotatable bonds is 9. The van der Waals surface area contributed by atoms with Gasteiger partial charge in [0, 0.05) is 5.02 Å². The standard InChI is InChI=1S/C20H25ClN2O5S/c1-14-5-6-16(21)13-19(14)23(29(4,25)26)15(2)20(24)22-11-12-28-18-9-7-17(27-3)8-10-18/h5-10,13,15H,11-12H2,1-4H3,(H,22,24). The smallest absolute Gasteiger partial charge is 0.243 e. The molecule has 0 spiro atoms. The lowest BCUT2D eigenvalue weighted by Gasteiger charge is -2.29. The van der Waals surface area contributed by atoms with E-state index >= 15 is 0 Å². The number of hydrogen-bond donors (Lipinski definition) is 1. The van der Waals surface area contributed by atoms with Crippen LogP contribution in [0.15, 0.2) is 42.5 Å². The van der Waals surface area contributed by atoms with Gasteiger partial charge in [0.1, 0.15) is 24.1 Å². The number of carbonyl (C=O) groups is 1. The molecule has 0 aliphatic rings. The molecule has 2 aromatic rings. The van der Waals surface area contributed by atoms with Gasteiger partial charge in [-0.15, -0.1) is 0 Å². The van der Waals surface area contributed by atoms with Crippen LogP contribution in [0.2, 0.25) is 5.02 Å². The van der Waals surface area contributed by atoms with E-state index in [-0.39, 0.29) is 13.2 Å². The van der Waals surface area contributed by atoms with Crippen molar-refractivity contribution in [1.29, 1.82) is 0 Å². The monoisotopic (exact) mass is 440 g/mol. The summed E-state index contributed by atoms with van der Waals surface area (Å²) in [5.74, 6) is 0.921. The molecule has 1 unspecified atom stereocenters. The van der Waals surface area contributed by atoms with Gasteiger partial charge in [0.05, 0.1) is 25.6 Å². The van der Waals surface area contributed by atoms with Gasteiger partial charge in [0.2, 0.25) is 15.9 Å². The third-order valence-electron chi connectivity index (χ3n) is 4.23. The van der Waals surface area contributed by atoms with E-state index < -0.39 is 22.0 Å². The minimum Gasteiger partial charge on any atom is -0.497 e. The normalized spacial score (nSPS) is 12.2. The predicted molar refractivity (Wildman–Crippen MR) is 114 cm³/mol. The maximum Gasteiger partial charge on any atom is 0.243 e. The number of amides is 1. The number of sulfonamides is 1. The predicted octanol–water partition coefficient (Wildman–Crippen LogP) is 3.01. The third-order valence-corrected chi connectivity index (χ3v) is 5.69. The topological polar surface area (TPSA) is 84.9 Å². The van der Waals surface area contributed by atoms with E-state index in [9.17, 15) is 13.2 Å². The molecule has 158 valence electrons. The molecular weight excluding hydrogens is 416 g/mol. The van der Waals surface area contributed by atoms with Gasteiger partial charge in [-0.05, 0) is 55.8 Å². The Balaban J connectivity index is 2.01. The highest BCUT2D eigenvalue weighted by molar-refractivity contribution is 7.92. The highest BCUT2D eigenvalue weighted by atomic mass is 35.5. The first kappa shape index (κ1) is 22.8. The highest BCUT2D eigenvalue weighted by Gasteiger charge is 2.30. The number of nitrogens with zero attached hydrogens (tertiary/aromatic N) is 1. The SMILES string of the molecule is COc1ccc(OCCNC(=O)C(C)N(c2cc(Cl)ccc2C)S(C)(=O)=O)cc1. The van der Waals surface area contributed by atoms with Gasteiger partial charge in [-0.25, -0.2) is 8.42 Å². The van der Waals surface area contributed by atoms with Crippen LogP contribution in [0.1, 0.15) is 12.5 Å². The maximum atomic E-state index is 12.6. The Bertz CT molecular complexity index is 948. The van der Waals surface area contributed by atoms with Crippen LogP contribution in [-0.2, 0) is 14.8 Å². The van der Waals surface area contributed by atoms with Crippen LogP contribution >= 0.6 is 11.6 Å². The van der Waals surface area contributed by atoms with Crippen molar-refractivity contribution in [2.24, 2.45) is 0 Å². The second-order valence-corrected chi connectivity index (χ2v) is 8.78. The average Bonchev–Trinajstić information content (AvgIpc) is 2.67. The van der Waals surface area contributed by atoms with E-state index in [1.165, 1.54) is 13.0 Å². The number of halogens is 1. The van der Waals surface area contributed by atoms with Crippen molar-refractivity contribution in [2.75, 3.05) is 30.8 Å². The first-order chi connectivity index (χ1) is 13.6. The molecule has 29 heavy (non-hydrogen) atoms. The Kier molecular flexibility index (Phi) is 7.75. The van der Waals surface area contributed by atoms with Crippen molar-refractivity contribution >= 4 is 33.2 Å². The van der Waals surface area contributed by atoms with Crippen molar-refractivity contribution < 1.29 is 22.7 Å². The van der Waals surface area contributed by atoms with Crippen molar-refractivity contribution in [3.8, 4) is 11.5 Å². The zero-order chi connectivity index (χ0) is 21.6. The van der Waals surface area contributed by atoms with Gasteiger partial charge < -0.3 is 14.8 Å². The molecule has 9 heteroatoms. The van der Waals surface area contributed by atoms with Crippen LogP contribution in [0.3, 0.4) is 0 Å². The van der Waals surface area contributed by atoms with Crippen LogP contribution < -0.4 is 19.1 Å². The van der Waals surface area contributed by atoms with Gasteiger partial charge in [0.25, 0.3) is 0 Å². The molecule has 0 saturated carbocycles. The molecule has 0 bridgehead atoms. The van der Waals surface area contributed by atoms with Crippen LogP contribution in [0.4, 0.5) is 5.69 Å². The summed E-state index contributed by atoms with van der Waals surface area (Å²) in [5.41, 5.74) is 1.07. The Hall–Kier alpha value is -2.45. The maximum absolute atomic E-state index is 12.6. The van der Waals surface area contributed by atoms with E-state index in [2.05, 4.69) is 5.32 Å². The fourth-order valence-corrected chi connectivity index (χ4v) is 4.15. The number of aryl methyl sites for hydroxylation is 1. The Morgan fingerprint density at radius 1 is 1.17 bits per heavy atom. The molecule has 1 amide bonds. The van der Waals surface area contributed by atoms with Crippen molar-refractivity contribution in [1.82, 2.24) is 5.32 Å². The minimum absolute atomic E-state index is 0.224. The van der Waals surface area contributed by atoms with Crippen molar-refractivity contribution in [2.45, 2.75) is 19.9 Å². The Morgan fingerprint density at radius 2 is 1.79 bits per heavy atom. The molecule has 0 aliphatic heterocycles. The number of methoxy groups -OCH3 is 1. The lowest BCUT2D eigenvalue weighted by atomic mass is 10.2. The largest absolute Gasteiger partial charge is 0.497 e. The molecule has 1 N–H and O–H groups in total. The summed E-state index contributed by atoms with van der Waals surface area (Å²) in [5, 5.41) is 3.09. The van der Waals surface area contributed by atoms with Crippen LogP contribution in [0.5, 0.6) is 11.5 Å². The Morgan fingerprint density at radius 3 is 2.38 bits per heavy atom. The van der Waals surface area contributed by atoms with E-state index in [1.54, 1.807) is 50.4 Å². The summed E-state index contributed by atoms with van der Waals surface area (Å²) in [6.07, 6.45) is 1.06. The minimum atomic E-state index is -3.71. The molecule has 0 saturated heterocycles. The third kappa shape index (κ3) is 6.27.